The molecule has 1 aromatic carbocycles. The summed E-state index contributed by atoms with van der Waals surface area (Å²) < 4.78 is 25.1. The lowest BCUT2D eigenvalue weighted by atomic mass is 9.80. The fourth-order valence-electron chi connectivity index (χ4n) is 4.23. The van der Waals surface area contributed by atoms with E-state index in [9.17, 15) is 0 Å². The zero-order chi connectivity index (χ0) is 23.4. The van der Waals surface area contributed by atoms with E-state index in [4.69, 9.17) is 18.6 Å². The van der Waals surface area contributed by atoms with Crippen molar-refractivity contribution < 1.29 is 18.6 Å². The van der Waals surface area contributed by atoms with Crippen LogP contribution in [0.1, 0.15) is 53.5 Å². The molecule has 0 radical (unpaired) electrons. The Morgan fingerprint density at radius 1 is 1.13 bits per heavy atom. The molecule has 4 nitrogen and oxygen atoms in total. The number of hydrogen-bond acceptors (Lipinski definition) is 4. The third-order valence-corrected chi connectivity index (χ3v) is 11.8. The SMILES string of the molecule is C=CC[C@H]1O[C@@H](C(C)O[Si](C)(C)C(C)(C)C)[C@H](C)[C@@H](OCc2ccc(OC)cc2)[C@H]1C. The Bertz CT molecular complexity index is 694. The zero-order valence-corrected chi connectivity index (χ0v) is 22.1. The van der Waals surface area contributed by atoms with Gasteiger partial charge >= 0.3 is 0 Å². The van der Waals surface area contributed by atoms with Crippen molar-refractivity contribution in [1.29, 1.82) is 0 Å². The highest BCUT2D eigenvalue weighted by atomic mass is 28.4. The van der Waals surface area contributed by atoms with Gasteiger partial charge < -0.3 is 18.6 Å². The highest BCUT2D eigenvalue weighted by Crippen LogP contribution is 2.41. The Labute approximate surface area is 191 Å². The van der Waals surface area contributed by atoms with Crippen LogP contribution in [0, 0.1) is 11.8 Å². The summed E-state index contributed by atoms with van der Waals surface area (Å²) in [6, 6.07) is 8.09. The van der Waals surface area contributed by atoms with E-state index in [1.165, 1.54) is 0 Å². The summed E-state index contributed by atoms with van der Waals surface area (Å²) >= 11 is 0. The van der Waals surface area contributed by atoms with Gasteiger partial charge in [-0.2, -0.15) is 0 Å². The van der Waals surface area contributed by atoms with Crippen molar-refractivity contribution in [2.75, 3.05) is 7.11 Å². The molecule has 0 spiro atoms. The van der Waals surface area contributed by atoms with Crippen LogP contribution in [-0.4, -0.2) is 39.8 Å². The van der Waals surface area contributed by atoms with E-state index < -0.39 is 8.32 Å². The van der Waals surface area contributed by atoms with Crippen molar-refractivity contribution in [3.63, 3.8) is 0 Å². The molecule has 31 heavy (non-hydrogen) atoms. The maximum Gasteiger partial charge on any atom is 0.192 e. The van der Waals surface area contributed by atoms with Crippen LogP contribution in [0.5, 0.6) is 5.75 Å². The van der Waals surface area contributed by atoms with E-state index in [0.717, 1.165) is 17.7 Å². The number of ether oxygens (including phenoxy) is 3. The summed E-state index contributed by atoms with van der Waals surface area (Å²) in [4.78, 5) is 0. The average molecular weight is 449 g/mol. The van der Waals surface area contributed by atoms with Gasteiger partial charge in [-0.05, 0) is 49.2 Å². The minimum absolute atomic E-state index is 0.00357. The number of methoxy groups -OCH3 is 1. The van der Waals surface area contributed by atoms with Crippen LogP contribution in [0.4, 0.5) is 0 Å². The topological polar surface area (TPSA) is 36.9 Å². The lowest BCUT2D eigenvalue weighted by molar-refractivity contribution is -0.204. The predicted molar refractivity (Wildman–Crippen MR) is 131 cm³/mol. The summed E-state index contributed by atoms with van der Waals surface area (Å²) in [5.74, 6) is 1.37. The summed E-state index contributed by atoms with van der Waals surface area (Å²) in [6.45, 7) is 22.6. The van der Waals surface area contributed by atoms with Gasteiger partial charge in [-0.15, -0.1) is 6.58 Å². The molecule has 1 aromatic rings. The quantitative estimate of drug-likeness (QED) is 0.315. The number of benzene rings is 1. The lowest BCUT2D eigenvalue weighted by Gasteiger charge is -2.48. The second-order valence-corrected chi connectivity index (χ2v) is 15.3. The van der Waals surface area contributed by atoms with Crippen LogP contribution in [-0.2, 0) is 20.5 Å². The van der Waals surface area contributed by atoms with Crippen molar-refractivity contribution in [3.8, 4) is 5.75 Å². The average Bonchev–Trinajstić information content (AvgIpc) is 2.69. The Morgan fingerprint density at radius 3 is 2.26 bits per heavy atom. The third kappa shape index (κ3) is 6.44. The highest BCUT2D eigenvalue weighted by Gasteiger charge is 2.46. The van der Waals surface area contributed by atoms with Gasteiger partial charge in [-0.3, -0.25) is 0 Å². The van der Waals surface area contributed by atoms with E-state index >= 15 is 0 Å². The van der Waals surface area contributed by atoms with Gasteiger partial charge in [-0.25, -0.2) is 0 Å². The van der Waals surface area contributed by atoms with Crippen molar-refractivity contribution in [2.24, 2.45) is 11.8 Å². The molecule has 0 bridgehead atoms. The van der Waals surface area contributed by atoms with Crippen LogP contribution >= 0.6 is 0 Å². The lowest BCUT2D eigenvalue weighted by Crippen LogP contribution is -2.56. The number of rotatable bonds is 9. The molecule has 2 rings (SSSR count). The molecule has 0 amide bonds. The summed E-state index contributed by atoms with van der Waals surface area (Å²) in [5, 5.41) is 0.164. The first-order valence-electron chi connectivity index (χ1n) is 11.6. The minimum Gasteiger partial charge on any atom is -0.497 e. The fourth-order valence-corrected chi connectivity index (χ4v) is 5.64. The van der Waals surface area contributed by atoms with Crippen LogP contribution in [0.15, 0.2) is 36.9 Å². The van der Waals surface area contributed by atoms with Gasteiger partial charge in [0, 0.05) is 11.8 Å². The van der Waals surface area contributed by atoms with Crippen molar-refractivity contribution in [2.45, 2.75) is 97.1 Å². The molecule has 1 heterocycles. The van der Waals surface area contributed by atoms with Gasteiger partial charge in [0.25, 0.3) is 0 Å². The van der Waals surface area contributed by atoms with Crippen LogP contribution in [0.25, 0.3) is 0 Å². The second kappa shape index (κ2) is 10.6. The first kappa shape index (κ1) is 26.1. The zero-order valence-electron chi connectivity index (χ0n) is 21.1. The van der Waals surface area contributed by atoms with E-state index in [2.05, 4.69) is 73.3 Å². The van der Waals surface area contributed by atoms with Gasteiger partial charge in [0.05, 0.1) is 38.1 Å². The van der Waals surface area contributed by atoms with Gasteiger partial charge in [-0.1, -0.05) is 52.8 Å². The van der Waals surface area contributed by atoms with E-state index in [-0.39, 0.29) is 41.3 Å². The molecule has 6 atom stereocenters. The van der Waals surface area contributed by atoms with Crippen LogP contribution < -0.4 is 4.74 Å². The molecule has 5 heteroatoms. The van der Waals surface area contributed by atoms with Gasteiger partial charge in [0.15, 0.2) is 8.32 Å². The first-order valence-corrected chi connectivity index (χ1v) is 14.5. The molecule has 1 aliphatic rings. The first-order chi connectivity index (χ1) is 14.4. The molecule has 1 aliphatic heterocycles. The molecule has 0 N–H and O–H groups in total. The van der Waals surface area contributed by atoms with Crippen LogP contribution in [0.2, 0.25) is 18.1 Å². The summed E-state index contributed by atoms with van der Waals surface area (Å²) in [7, 11) is -0.210. The molecule has 1 fully saturated rings. The van der Waals surface area contributed by atoms with Crippen molar-refractivity contribution >= 4 is 8.32 Å². The smallest absolute Gasteiger partial charge is 0.192 e. The highest BCUT2D eigenvalue weighted by molar-refractivity contribution is 6.74. The normalized spacial score (nSPS) is 28.2. The van der Waals surface area contributed by atoms with Gasteiger partial charge in [0.2, 0.25) is 0 Å². The van der Waals surface area contributed by atoms with Crippen LogP contribution in [0.3, 0.4) is 0 Å². The molecule has 0 aliphatic carbocycles. The van der Waals surface area contributed by atoms with E-state index in [0.29, 0.717) is 6.61 Å². The predicted octanol–water partition coefficient (Wildman–Crippen LogP) is 6.61. The molecular weight excluding hydrogens is 404 g/mol. The van der Waals surface area contributed by atoms with Crippen molar-refractivity contribution in [1.82, 2.24) is 0 Å². The standard InChI is InChI=1S/C26H44O4Si/c1-11-12-23-18(2)24(28-17-21-13-15-22(27-8)16-14-21)19(3)25(29-23)20(4)30-31(9,10)26(5,6)7/h11,13-16,18-20,23-25H,1,12,17H2,2-10H3/t18-,19+,20?,23+,24-,25+/m0/s1. The Hall–Kier alpha value is -1.14. The minimum atomic E-state index is -1.89. The maximum atomic E-state index is 6.73. The maximum absolute atomic E-state index is 6.73. The van der Waals surface area contributed by atoms with E-state index in [1.54, 1.807) is 7.11 Å². The third-order valence-electron chi connectivity index (χ3n) is 7.22. The second-order valence-electron chi connectivity index (χ2n) is 10.6. The number of hydrogen-bond donors (Lipinski definition) is 0. The molecule has 1 unspecified atom stereocenters. The van der Waals surface area contributed by atoms with Crippen molar-refractivity contribution in [3.05, 3.63) is 42.5 Å². The summed E-state index contributed by atoms with van der Waals surface area (Å²) in [6.07, 6.45) is 2.97. The Morgan fingerprint density at radius 2 is 1.74 bits per heavy atom. The molecule has 0 saturated carbocycles. The van der Waals surface area contributed by atoms with E-state index in [1.807, 2.05) is 18.2 Å². The molecule has 176 valence electrons. The molecule has 1 saturated heterocycles. The molecular formula is C26H44O4Si. The fraction of sp³-hybridized carbons (Fsp3) is 0.692. The monoisotopic (exact) mass is 448 g/mol. The largest absolute Gasteiger partial charge is 0.497 e. The Kier molecular flexibility index (Phi) is 8.97. The molecule has 0 aromatic heterocycles. The Balaban J connectivity index is 2.16. The van der Waals surface area contributed by atoms with Gasteiger partial charge in [0.1, 0.15) is 5.75 Å². The summed E-state index contributed by atoms with van der Waals surface area (Å²) in [5.41, 5.74) is 1.15.